The molecule has 0 saturated carbocycles. The number of thioether (sulfide) groups is 1. The topological polar surface area (TPSA) is 29.5 Å². The van der Waals surface area contributed by atoms with Gasteiger partial charge in [-0.1, -0.05) is 6.07 Å². The predicted octanol–water partition coefficient (Wildman–Crippen LogP) is 3.05. The third-order valence-corrected chi connectivity index (χ3v) is 3.69. The Morgan fingerprint density at radius 2 is 2.21 bits per heavy atom. The number of halogens is 1. The lowest BCUT2D eigenvalue weighted by molar-refractivity contribution is 0.0752. The van der Waals surface area contributed by atoms with Gasteiger partial charge < -0.3 is 9.64 Å². The van der Waals surface area contributed by atoms with Gasteiger partial charge in [0.15, 0.2) is 11.6 Å². The summed E-state index contributed by atoms with van der Waals surface area (Å²) in [6, 6.07) is 4.50. The molecule has 1 aromatic carbocycles. The van der Waals surface area contributed by atoms with Crippen LogP contribution in [0.4, 0.5) is 4.39 Å². The van der Waals surface area contributed by atoms with Gasteiger partial charge in [0.1, 0.15) is 0 Å². The van der Waals surface area contributed by atoms with Gasteiger partial charge in [0, 0.05) is 18.8 Å². The Balaban J connectivity index is 3.02. The average molecular weight is 285 g/mol. The maximum Gasteiger partial charge on any atom is 0.257 e. The van der Waals surface area contributed by atoms with E-state index in [9.17, 15) is 9.18 Å². The molecular formula is C14H20FNO2S. The van der Waals surface area contributed by atoms with Crippen LogP contribution >= 0.6 is 11.8 Å². The largest absolute Gasteiger partial charge is 0.490 e. The molecule has 0 unspecified atom stereocenters. The van der Waals surface area contributed by atoms with E-state index in [-0.39, 0.29) is 23.3 Å². The monoisotopic (exact) mass is 285 g/mol. The van der Waals surface area contributed by atoms with Crippen LogP contribution in [-0.4, -0.2) is 42.5 Å². The van der Waals surface area contributed by atoms with Crippen molar-refractivity contribution in [3.8, 4) is 5.75 Å². The highest BCUT2D eigenvalue weighted by Gasteiger charge is 2.22. The van der Waals surface area contributed by atoms with E-state index in [1.807, 2.05) is 13.2 Å². The van der Waals surface area contributed by atoms with Crippen LogP contribution in [0.2, 0.25) is 0 Å². The number of ether oxygens (including phenoxy) is 1. The van der Waals surface area contributed by atoms with Gasteiger partial charge in [-0.05, 0) is 32.2 Å². The molecule has 0 saturated heterocycles. The summed E-state index contributed by atoms with van der Waals surface area (Å²) >= 11 is 1.67. The van der Waals surface area contributed by atoms with E-state index in [4.69, 9.17) is 4.74 Å². The Hall–Kier alpha value is -1.23. The average Bonchev–Trinajstić information content (AvgIpc) is 2.40. The number of hydrogen-bond acceptors (Lipinski definition) is 3. The molecule has 3 nitrogen and oxygen atoms in total. The highest BCUT2D eigenvalue weighted by atomic mass is 32.2. The minimum Gasteiger partial charge on any atom is -0.490 e. The van der Waals surface area contributed by atoms with Crippen LogP contribution < -0.4 is 4.74 Å². The van der Waals surface area contributed by atoms with Crippen molar-refractivity contribution < 1.29 is 13.9 Å². The van der Waals surface area contributed by atoms with Gasteiger partial charge in [0.05, 0.1) is 12.2 Å². The Kier molecular flexibility index (Phi) is 6.15. The van der Waals surface area contributed by atoms with E-state index in [1.165, 1.54) is 12.1 Å². The molecule has 0 aliphatic carbocycles. The molecular weight excluding hydrogens is 265 g/mol. The van der Waals surface area contributed by atoms with Crippen LogP contribution in [0.3, 0.4) is 0 Å². The Morgan fingerprint density at radius 3 is 2.79 bits per heavy atom. The first kappa shape index (κ1) is 15.8. The lowest BCUT2D eigenvalue weighted by Gasteiger charge is -2.25. The zero-order valence-electron chi connectivity index (χ0n) is 11.8. The van der Waals surface area contributed by atoms with Crippen molar-refractivity contribution in [2.24, 2.45) is 0 Å². The standard InChI is InChI=1S/C14H20FNO2S/c1-5-18-13-11(7-6-8-12(13)15)14(17)16(3)10(2)9-19-4/h6-8,10H,5,9H2,1-4H3/t10-/m0/s1. The van der Waals surface area contributed by atoms with Gasteiger partial charge in [-0.3, -0.25) is 4.79 Å². The summed E-state index contributed by atoms with van der Waals surface area (Å²) in [7, 11) is 1.73. The molecule has 5 heteroatoms. The van der Waals surface area contributed by atoms with E-state index in [2.05, 4.69) is 0 Å². The summed E-state index contributed by atoms with van der Waals surface area (Å²) in [6.45, 7) is 4.06. The Labute approximate surface area is 118 Å². The first-order valence-electron chi connectivity index (χ1n) is 6.20. The molecule has 0 aliphatic rings. The van der Waals surface area contributed by atoms with Crippen LogP contribution in [0.15, 0.2) is 18.2 Å². The lowest BCUT2D eigenvalue weighted by Crippen LogP contribution is -2.36. The summed E-state index contributed by atoms with van der Waals surface area (Å²) in [6.07, 6.45) is 1.99. The molecule has 0 bridgehead atoms. The fourth-order valence-electron chi connectivity index (χ4n) is 1.71. The molecule has 0 fully saturated rings. The van der Waals surface area contributed by atoms with Crippen LogP contribution in [0.5, 0.6) is 5.75 Å². The van der Waals surface area contributed by atoms with Crippen molar-refractivity contribution >= 4 is 17.7 Å². The number of benzene rings is 1. The number of carbonyl (C=O) groups is 1. The van der Waals surface area contributed by atoms with Crippen molar-refractivity contribution in [1.82, 2.24) is 4.90 Å². The van der Waals surface area contributed by atoms with Gasteiger partial charge in [-0.15, -0.1) is 0 Å². The molecule has 0 heterocycles. The summed E-state index contributed by atoms with van der Waals surface area (Å²) < 4.78 is 19.0. The van der Waals surface area contributed by atoms with E-state index < -0.39 is 5.82 Å². The van der Waals surface area contributed by atoms with Gasteiger partial charge in [0.2, 0.25) is 0 Å². The van der Waals surface area contributed by atoms with E-state index in [1.54, 1.807) is 36.7 Å². The Morgan fingerprint density at radius 1 is 1.53 bits per heavy atom. The fraction of sp³-hybridized carbons (Fsp3) is 0.500. The number of carbonyl (C=O) groups excluding carboxylic acids is 1. The molecule has 1 amide bonds. The van der Waals surface area contributed by atoms with E-state index in [0.717, 1.165) is 5.75 Å². The molecule has 1 atom stereocenters. The van der Waals surface area contributed by atoms with Crippen molar-refractivity contribution in [2.75, 3.05) is 25.7 Å². The molecule has 0 N–H and O–H groups in total. The van der Waals surface area contributed by atoms with Crippen molar-refractivity contribution in [3.05, 3.63) is 29.6 Å². The van der Waals surface area contributed by atoms with Gasteiger partial charge in [-0.2, -0.15) is 11.8 Å². The summed E-state index contributed by atoms with van der Waals surface area (Å²) in [5.41, 5.74) is 0.275. The lowest BCUT2D eigenvalue weighted by atomic mass is 10.1. The third kappa shape index (κ3) is 3.86. The Bertz CT molecular complexity index is 439. The molecule has 0 radical (unpaired) electrons. The fourth-order valence-corrected chi connectivity index (χ4v) is 2.42. The predicted molar refractivity (Wildman–Crippen MR) is 77.5 cm³/mol. The van der Waals surface area contributed by atoms with Gasteiger partial charge in [0.25, 0.3) is 5.91 Å². The van der Waals surface area contributed by atoms with E-state index >= 15 is 0 Å². The van der Waals surface area contributed by atoms with Gasteiger partial charge in [-0.25, -0.2) is 4.39 Å². The zero-order chi connectivity index (χ0) is 14.4. The smallest absolute Gasteiger partial charge is 0.257 e. The second-order valence-electron chi connectivity index (χ2n) is 4.27. The third-order valence-electron chi connectivity index (χ3n) is 2.88. The molecule has 1 aromatic rings. The normalized spacial score (nSPS) is 12.1. The van der Waals surface area contributed by atoms with Crippen molar-refractivity contribution in [3.63, 3.8) is 0 Å². The number of nitrogens with zero attached hydrogens (tertiary/aromatic N) is 1. The van der Waals surface area contributed by atoms with E-state index in [0.29, 0.717) is 6.61 Å². The number of amides is 1. The SMILES string of the molecule is CCOc1c(F)cccc1C(=O)N(C)[C@@H](C)CSC. The number of rotatable bonds is 6. The summed E-state index contributed by atoms with van der Waals surface area (Å²) in [5.74, 6) is 0.156. The van der Waals surface area contributed by atoms with Crippen molar-refractivity contribution in [1.29, 1.82) is 0 Å². The van der Waals surface area contributed by atoms with Crippen molar-refractivity contribution in [2.45, 2.75) is 19.9 Å². The maximum atomic E-state index is 13.7. The minimum absolute atomic E-state index is 0.0400. The highest BCUT2D eigenvalue weighted by molar-refractivity contribution is 7.98. The maximum absolute atomic E-state index is 13.7. The molecule has 19 heavy (non-hydrogen) atoms. The molecule has 0 aromatic heterocycles. The second-order valence-corrected chi connectivity index (χ2v) is 5.18. The molecule has 0 aliphatic heterocycles. The number of hydrogen-bond donors (Lipinski definition) is 0. The van der Waals surface area contributed by atoms with Gasteiger partial charge >= 0.3 is 0 Å². The highest BCUT2D eigenvalue weighted by Crippen LogP contribution is 2.24. The van der Waals surface area contributed by atoms with Crippen LogP contribution in [0.25, 0.3) is 0 Å². The van der Waals surface area contributed by atoms with Crippen LogP contribution in [0, 0.1) is 5.82 Å². The zero-order valence-corrected chi connectivity index (χ0v) is 12.6. The second kappa shape index (κ2) is 7.38. The minimum atomic E-state index is -0.501. The molecule has 0 spiro atoms. The summed E-state index contributed by atoms with van der Waals surface area (Å²) in [4.78, 5) is 14.0. The number of para-hydroxylation sites is 1. The molecule has 106 valence electrons. The summed E-state index contributed by atoms with van der Waals surface area (Å²) in [5, 5.41) is 0. The first-order chi connectivity index (χ1) is 9.02. The van der Waals surface area contributed by atoms with Crippen LogP contribution in [-0.2, 0) is 0 Å². The molecule has 1 rings (SSSR count). The van der Waals surface area contributed by atoms with Crippen LogP contribution in [0.1, 0.15) is 24.2 Å². The quantitative estimate of drug-likeness (QED) is 0.804. The first-order valence-corrected chi connectivity index (χ1v) is 7.59.